The molecule has 0 saturated carbocycles. The van der Waals surface area contributed by atoms with Crippen molar-refractivity contribution in [3.05, 3.63) is 16.4 Å². The van der Waals surface area contributed by atoms with Crippen LogP contribution in [0.4, 0.5) is 22.0 Å². The predicted octanol–water partition coefficient (Wildman–Crippen LogP) is 2.54. The minimum absolute atomic E-state index is 0.514. The van der Waals surface area contributed by atoms with Crippen LogP contribution in [0.25, 0.3) is 0 Å². The molecule has 0 aliphatic rings. The summed E-state index contributed by atoms with van der Waals surface area (Å²) in [5, 5.41) is 2.12. The Morgan fingerprint density at radius 1 is 1.44 bits per heavy atom. The van der Waals surface area contributed by atoms with Crippen molar-refractivity contribution >= 4 is 17.4 Å². The van der Waals surface area contributed by atoms with Crippen LogP contribution in [0, 0.1) is 0 Å². The summed E-state index contributed by atoms with van der Waals surface area (Å²) in [6.45, 7) is 0. The van der Waals surface area contributed by atoms with Gasteiger partial charge in [-0.2, -0.15) is 18.3 Å². The summed E-state index contributed by atoms with van der Waals surface area (Å²) >= 11 is 5.31. The van der Waals surface area contributed by atoms with E-state index in [4.69, 9.17) is 11.6 Å². The maximum Gasteiger partial charge on any atom is 0.435 e. The van der Waals surface area contributed by atoms with E-state index in [0.717, 1.165) is 7.05 Å². The lowest BCUT2D eigenvalue weighted by molar-refractivity contribution is -0.141. The van der Waals surface area contributed by atoms with Crippen molar-refractivity contribution in [1.29, 1.82) is 0 Å². The molecule has 0 radical (unpaired) electrons. The molecule has 0 spiro atoms. The second-order valence-corrected chi connectivity index (χ2v) is 3.16. The highest BCUT2D eigenvalue weighted by Crippen LogP contribution is 2.35. The number of nitrogens with zero attached hydrogens (tertiary/aromatic N) is 2. The molecular formula is C7H4ClF5N2O. The minimum Gasteiger partial charge on any atom is -0.288 e. The van der Waals surface area contributed by atoms with E-state index in [1.807, 2.05) is 0 Å². The van der Waals surface area contributed by atoms with Crippen LogP contribution < -0.4 is 0 Å². The lowest BCUT2D eigenvalue weighted by Crippen LogP contribution is -2.17. The predicted molar refractivity (Wildman–Crippen MR) is 43.6 cm³/mol. The van der Waals surface area contributed by atoms with Crippen molar-refractivity contribution in [2.24, 2.45) is 7.05 Å². The minimum atomic E-state index is -5.01. The van der Waals surface area contributed by atoms with Crippen LogP contribution in [0.1, 0.15) is 16.1 Å². The summed E-state index contributed by atoms with van der Waals surface area (Å²) in [4.78, 5) is 10.9. The molecule has 1 aromatic heterocycles. The van der Waals surface area contributed by atoms with Gasteiger partial charge in [0.15, 0.2) is 5.69 Å². The molecule has 16 heavy (non-hydrogen) atoms. The van der Waals surface area contributed by atoms with Crippen LogP contribution in [0.15, 0.2) is 0 Å². The van der Waals surface area contributed by atoms with E-state index in [9.17, 15) is 26.7 Å². The Morgan fingerprint density at radius 2 is 1.94 bits per heavy atom. The first-order valence-corrected chi connectivity index (χ1v) is 4.16. The Bertz CT molecular complexity index is 425. The summed E-state index contributed by atoms with van der Waals surface area (Å²) < 4.78 is 61.6. The quantitative estimate of drug-likeness (QED) is 0.606. The molecule has 3 nitrogen and oxygen atoms in total. The molecule has 0 bridgehead atoms. The maximum absolute atomic E-state index is 12.3. The van der Waals surface area contributed by atoms with E-state index in [0.29, 0.717) is 4.68 Å². The third kappa shape index (κ3) is 2.16. The Hall–Kier alpha value is -1.18. The molecule has 1 aromatic rings. The van der Waals surface area contributed by atoms with Gasteiger partial charge in [0.25, 0.3) is 0 Å². The molecule has 0 atom stereocenters. The van der Waals surface area contributed by atoms with Gasteiger partial charge in [0, 0.05) is 7.05 Å². The lowest BCUT2D eigenvalue weighted by atomic mass is 10.1. The van der Waals surface area contributed by atoms with Gasteiger partial charge < -0.3 is 0 Å². The second kappa shape index (κ2) is 4.00. The Kier molecular flexibility index (Phi) is 3.22. The lowest BCUT2D eigenvalue weighted by Gasteiger charge is -2.04. The number of hydrogen-bond acceptors (Lipinski definition) is 2. The average molecular weight is 263 g/mol. The van der Waals surface area contributed by atoms with Gasteiger partial charge in [-0.15, -0.1) is 0 Å². The molecule has 0 aliphatic carbocycles. The summed E-state index contributed by atoms with van der Waals surface area (Å²) in [6.07, 6.45) is -8.58. The van der Waals surface area contributed by atoms with E-state index in [1.165, 1.54) is 0 Å². The summed E-state index contributed by atoms with van der Waals surface area (Å²) in [5.74, 6) is -1.99. The fourth-order valence-electron chi connectivity index (χ4n) is 1.03. The van der Waals surface area contributed by atoms with E-state index in [2.05, 4.69) is 5.10 Å². The van der Waals surface area contributed by atoms with Crippen LogP contribution in [-0.2, 0) is 13.2 Å². The molecule has 90 valence electrons. The highest BCUT2D eigenvalue weighted by atomic mass is 35.5. The Balaban J connectivity index is 3.42. The average Bonchev–Trinajstić information content (AvgIpc) is 2.42. The van der Waals surface area contributed by atoms with E-state index < -0.39 is 34.8 Å². The highest BCUT2D eigenvalue weighted by molar-refractivity contribution is 6.33. The first kappa shape index (κ1) is 12.9. The number of alkyl halides is 5. The van der Waals surface area contributed by atoms with Crippen LogP contribution in [0.3, 0.4) is 0 Å². The number of halogens is 6. The molecule has 9 heteroatoms. The molecule has 0 aliphatic heterocycles. The molecule has 1 heterocycles. The van der Waals surface area contributed by atoms with Gasteiger partial charge in [0.1, 0.15) is 5.15 Å². The number of rotatable bonds is 2. The Morgan fingerprint density at radius 3 is 2.31 bits per heavy atom. The van der Waals surface area contributed by atoms with Crippen molar-refractivity contribution < 1.29 is 26.7 Å². The third-order valence-corrected chi connectivity index (χ3v) is 2.12. The first-order chi connectivity index (χ1) is 7.16. The van der Waals surface area contributed by atoms with Crippen molar-refractivity contribution in [1.82, 2.24) is 9.78 Å². The van der Waals surface area contributed by atoms with Crippen LogP contribution in [-0.4, -0.2) is 22.0 Å². The monoisotopic (exact) mass is 262 g/mol. The SMILES string of the molecule is Cn1nc(C(F)(F)F)c(C(=O)C(F)F)c1Cl. The maximum atomic E-state index is 12.3. The largest absolute Gasteiger partial charge is 0.435 e. The van der Waals surface area contributed by atoms with Crippen molar-refractivity contribution in [3.8, 4) is 0 Å². The molecule has 0 N–H and O–H groups in total. The van der Waals surface area contributed by atoms with Crippen LogP contribution in [0.5, 0.6) is 0 Å². The number of ketones is 1. The zero-order valence-electron chi connectivity index (χ0n) is 7.65. The van der Waals surface area contributed by atoms with Gasteiger partial charge >= 0.3 is 12.6 Å². The highest BCUT2D eigenvalue weighted by Gasteiger charge is 2.42. The molecule has 0 saturated heterocycles. The smallest absolute Gasteiger partial charge is 0.288 e. The van der Waals surface area contributed by atoms with Crippen molar-refractivity contribution in [3.63, 3.8) is 0 Å². The number of carbonyl (C=O) groups is 1. The first-order valence-electron chi connectivity index (χ1n) is 3.78. The third-order valence-electron chi connectivity index (χ3n) is 1.69. The molecule has 0 amide bonds. The summed E-state index contributed by atoms with van der Waals surface area (Å²) in [7, 11) is 1.01. The van der Waals surface area contributed by atoms with Crippen LogP contribution >= 0.6 is 11.6 Å². The summed E-state index contributed by atoms with van der Waals surface area (Å²) in [5.41, 5.74) is -3.00. The van der Waals surface area contributed by atoms with E-state index >= 15 is 0 Å². The molecule has 0 aromatic carbocycles. The summed E-state index contributed by atoms with van der Waals surface area (Å²) in [6, 6.07) is 0. The normalized spacial score (nSPS) is 12.2. The number of hydrogen-bond donors (Lipinski definition) is 0. The molecule has 1 rings (SSSR count). The van der Waals surface area contributed by atoms with Gasteiger partial charge in [0.05, 0.1) is 5.56 Å². The van der Waals surface area contributed by atoms with Gasteiger partial charge in [0.2, 0.25) is 5.78 Å². The van der Waals surface area contributed by atoms with Crippen LogP contribution in [0.2, 0.25) is 5.15 Å². The second-order valence-electron chi connectivity index (χ2n) is 2.80. The fourth-order valence-corrected chi connectivity index (χ4v) is 1.25. The van der Waals surface area contributed by atoms with Gasteiger partial charge in [-0.05, 0) is 0 Å². The number of carbonyl (C=O) groups excluding carboxylic acids is 1. The van der Waals surface area contributed by atoms with Gasteiger partial charge in [-0.25, -0.2) is 8.78 Å². The van der Waals surface area contributed by atoms with Crippen molar-refractivity contribution in [2.45, 2.75) is 12.6 Å². The topological polar surface area (TPSA) is 34.9 Å². The number of Topliss-reactive ketones (excluding diaryl/α,β-unsaturated/α-hetero) is 1. The van der Waals surface area contributed by atoms with Gasteiger partial charge in [-0.3, -0.25) is 9.48 Å². The van der Waals surface area contributed by atoms with E-state index in [-0.39, 0.29) is 0 Å². The Labute approximate surface area is 90.8 Å². The standard InChI is InChI=1S/C7H4ClF5N2O/c1-15-5(8)2(3(16)6(9)10)4(14-15)7(11,12)13/h6H,1H3. The van der Waals surface area contributed by atoms with Crippen molar-refractivity contribution in [2.75, 3.05) is 0 Å². The molecule has 0 unspecified atom stereocenters. The zero-order chi connectivity index (χ0) is 12.7. The fraction of sp³-hybridized carbons (Fsp3) is 0.429. The van der Waals surface area contributed by atoms with Gasteiger partial charge in [-0.1, -0.05) is 11.6 Å². The number of aryl methyl sites for hydroxylation is 1. The molecular weight excluding hydrogens is 259 g/mol. The molecule has 0 fully saturated rings. The number of aromatic nitrogens is 2. The zero-order valence-corrected chi connectivity index (χ0v) is 8.40. The van der Waals surface area contributed by atoms with E-state index in [1.54, 1.807) is 0 Å².